The van der Waals surface area contributed by atoms with Crippen LogP contribution in [0.4, 0.5) is 11.4 Å². The minimum Gasteiger partial charge on any atom is -0.375 e. The Morgan fingerprint density at radius 2 is 1.96 bits per heavy atom. The molecule has 0 saturated carbocycles. The average molecular weight is 352 g/mol. The fourth-order valence-electron chi connectivity index (χ4n) is 3.38. The van der Waals surface area contributed by atoms with Crippen LogP contribution in [-0.4, -0.2) is 32.1 Å². The number of nitrogens with zero attached hydrogens (tertiary/aromatic N) is 1. The van der Waals surface area contributed by atoms with Crippen LogP contribution in [0.2, 0.25) is 0 Å². The van der Waals surface area contributed by atoms with Crippen LogP contribution in [0.15, 0.2) is 36.4 Å². The Bertz CT molecular complexity index is 845. The highest BCUT2D eigenvalue weighted by Gasteiger charge is 2.23. The van der Waals surface area contributed by atoms with Crippen LogP contribution in [0, 0.1) is 13.8 Å². The van der Waals surface area contributed by atoms with Gasteiger partial charge in [-0.15, -0.1) is 0 Å². The number of benzene rings is 2. The van der Waals surface area contributed by atoms with Gasteiger partial charge in [0.15, 0.2) is 0 Å². The molecule has 0 fully saturated rings. The monoisotopic (exact) mass is 352 g/mol. The van der Waals surface area contributed by atoms with E-state index in [0.29, 0.717) is 17.8 Å². The van der Waals surface area contributed by atoms with Gasteiger partial charge >= 0.3 is 0 Å². The van der Waals surface area contributed by atoms with Crippen molar-refractivity contribution in [2.24, 2.45) is 0 Å². The number of nitrogens with one attached hydrogen (secondary N) is 1. The van der Waals surface area contributed by atoms with E-state index in [1.165, 1.54) is 7.11 Å². The van der Waals surface area contributed by atoms with Gasteiger partial charge in [-0.3, -0.25) is 9.59 Å². The van der Waals surface area contributed by atoms with E-state index in [0.717, 1.165) is 35.2 Å². The lowest BCUT2D eigenvalue weighted by Gasteiger charge is -2.30. The first-order valence-corrected chi connectivity index (χ1v) is 8.80. The normalized spacial score (nSPS) is 13.3. The molecule has 2 aromatic rings. The van der Waals surface area contributed by atoms with E-state index in [4.69, 9.17) is 4.74 Å². The molecule has 0 radical (unpaired) electrons. The van der Waals surface area contributed by atoms with Crippen LogP contribution < -0.4 is 10.2 Å². The average Bonchev–Trinajstić information content (AvgIpc) is 2.61. The number of hydrogen-bond acceptors (Lipinski definition) is 3. The molecule has 0 saturated heterocycles. The molecule has 1 heterocycles. The molecule has 1 N–H and O–H groups in total. The molecule has 1 aliphatic heterocycles. The maximum absolute atomic E-state index is 12.6. The van der Waals surface area contributed by atoms with Crippen LogP contribution >= 0.6 is 0 Å². The summed E-state index contributed by atoms with van der Waals surface area (Å²) in [4.78, 5) is 26.7. The molecule has 2 aromatic carbocycles. The maximum Gasteiger partial charge on any atom is 0.255 e. The van der Waals surface area contributed by atoms with E-state index in [-0.39, 0.29) is 18.4 Å². The molecule has 2 amide bonds. The number of methoxy groups -OCH3 is 1. The minimum absolute atomic E-state index is 0.0542. The summed E-state index contributed by atoms with van der Waals surface area (Å²) < 4.78 is 4.99. The summed E-state index contributed by atoms with van der Waals surface area (Å²) in [5.41, 5.74) is 5.38. The van der Waals surface area contributed by atoms with Crippen molar-refractivity contribution in [1.29, 1.82) is 0 Å². The SMILES string of the molecule is COCC(=O)N1CCCc2ccc(NC(=O)c3ccc(C)cc3C)cc21. The molecule has 0 bridgehead atoms. The molecular formula is C21H24N2O3. The Morgan fingerprint density at radius 3 is 2.69 bits per heavy atom. The quantitative estimate of drug-likeness (QED) is 0.916. The summed E-state index contributed by atoms with van der Waals surface area (Å²) in [6, 6.07) is 11.5. The smallest absolute Gasteiger partial charge is 0.255 e. The fraction of sp³-hybridized carbons (Fsp3) is 0.333. The van der Waals surface area contributed by atoms with Gasteiger partial charge < -0.3 is 15.0 Å². The number of aryl methyl sites for hydroxylation is 3. The summed E-state index contributed by atoms with van der Waals surface area (Å²) in [5.74, 6) is -0.209. The van der Waals surface area contributed by atoms with Gasteiger partial charge in [0.05, 0.1) is 0 Å². The lowest BCUT2D eigenvalue weighted by molar-refractivity contribution is -0.122. The van der Waals surface area contributed by atoms with Gasteiger partial charge in [0, 0.05) is 30.6 Å². The van der Waals surface area contributed by atoms with E-state index in [1.807, 2.05) is 50.2 Å². The van der Waals surface area contributed by atoms with Gasteiger partial charge in [0.2, 0.25) is 0 Å². The van der Waals surface area contributed by atoms with Crippen LogP contribution in [-0.2, 0) is 16.0 Å². The van der Waals surface area contributed by atoms with Gasteiger partial charge in [-0.2, -0.15) is 0 Å². The molecule has 136 valence electrons. The summed E-state index contributed by atoms with van der Waals surface area (Å²) >= 11 is 0. The third-order valence-corrected chi connectivity index (χ3v) is 4.66. The molecule has 5 nitrogen and oxygen atoms in total. The molecule has 0 aromatic heterocycles. The van der Waals surface area contributed by atoms with Gasteiger partial charge in [-0.1, -0.05) is 23.8 Å². The molecule has 0 atom stereocenters. The van der Waals surface area contributed by atoms with Gasteiger partial charge in [-0.05, 0) is 56.0 Å². The highest BCUT2D eigenvalue weighted by atomic mass is 16.5. The predicted octanol–water partition coefficient (Wildman–Crippen LogP) is 3.48. The largest absolute Gasteiger partial charge is 0.375 e. The summed E-state index contributed by atoms with van der Waals surface area (Å²) in [7, 11) is 1.52. The van der Waals surface area contributed by atoms with E-state index in [1.54, 1.807) is 4.90 Å². The Labute approximate surface area is 154 Å². The van der Waals surface area contributed by atoms with Crippen LogP contribution in [0.5, 0.6) is 0 Å². The number of ether oxygens (including phenoxy) is 1. The zero-order chi connectivity index (χ0) is 18.7. The number of rotatable bonds is 4. The second kappa shape index (κ2) is 7.70. The van der Waals surface area contributed by atoms with E-state index in [2.05, 4.69) is 5.32 Å². The van der Waals surface area contributed by atoms with Crippen molar-refractivity contribution >= 4 is 23.2 Å². The van der Waals surface area contributed by atoms with Crippen LogP contribution in [0.3, 0.4) is 0 Å². The second-order valence-electron chi connectivity index (χ2n) is 6.70. The third kappa shape index (κ3) is 3.78. The van der Waals surface area contributed by atoms with E-state index >= 15 is 0 Å². The zero-order valence-corrected chi connectivity index (χ0v) is 15.5. The molecule has 1 aliphatic rings. The number of amides is 2. The Kier molecular flexibility index (Phi) is 5.38. The standard InChI is InChI=1S/C21H24N2O3/c1-14-6-9-18(15(2)11-14)21(25)22-17-8-7-16-5-4-10-23(19(16)12-17)20(24)13-26-3/h6-9,11-12H,4-5,10,13H2,1-3H3,(H,22,25). The topological polar surface area (TPSA) is 58.6 Å². The van der Waals surface area contributed by atoms with Crippen LogP contribution in [0.1, 0.15) is 33.5 Å². The molecule has 26 heavy (non-hydrogen) atoms. The Balaban J connectivity index is 1.84. The lowest BCUT2D eigenvalue weighted by Crippen LogP contribution is -2.37. The van der Waals surface area contributed by atoms with E-state index < -0.39 is 0 Å². The number of hydrogen-bond donors (Lipinski definition) is 1. The number of anilines is 2. The highest BCUT2D eigenvalue weighted by molar-refractivity contribution is 6.06. The molecule has 5 heteroatoms. The van der Waals surface area contributed by atoms with Crippen molar-refractivity contribution in [3.8, 4) is 0 Å². The molecule has 0 aliphatic carbocycles. The fourth-order valence-corrected chi connectivity index (χ4v) is 3.38. The lowest BCUT2D eigenvalue weighted by atomic mass is 10.0. The third-order valence-electron chi connectivity index (χ3n) is 4.66. The second-order valence-corrected chi connectivity index (χ2v) is 6.70. The first kappa shape index (κ1) is 18.1. The zero-order valence-electron chi connectivity index (χ0n) is 15.5. The first-order chi connectivity index (χ1) is 12.5. The predicted molar refractivity (Wildman–Crippen MR) is 103 cm³/mol. The van der Waals surface area contributed by atoms with Crippen molar-refractivity contribution in [2.45, 2.75) is 26.7 Å². The number of carbonyl (C=O) groups is 2. The summed E-state index contributed by atoms with van der Waals surface area (Å²) in [6.07, 6.45) is 1.86. The van der Waals surface area contributed by atoms with Gasteiger partial charge in [0.25, 0.3) is 11.8 Å². The minimum atomic E-state index is -0.145. The molecule has 3 rings (SSSR count). The first-order valence-electron chi connectivity index (χ1n) is 8.80. The van der Waals surface area contributed by atoms with Crippen molar-refractivity contribution in [3.63, 3.8) is 0 Å². The van der Waals surface area contributed by atoms with Crippen molar-refractivity contribution < 1.29 is 14.3 Å². The van der Waals surface area contributed by atoms with Gasteiger partial charge in [-0.25, -0.2) is 0 Å². The Morgan fingerprint density at radius 1 is 1.15 bits per heavy atom. The van der Waals surface area contributed by atoms with E-state index in [9.17, 15) is 9.59 Å². The number of fused-ring (bicyclic) bond motifs is 1. The highest BCUT2D eigenvalue weighted by Crippen LogP contribution is 2.30. The molecule has 0 spiro atoms. The summed E-state index contributed by atoms with van der Waals surface area (Å²) in [5, 5.41) is 2.95. The van der Waals surface area contributed by atoms with Crippen molar-refractivity contribution in [3.05, 3.63) is 58.7 Å². The number of carbonyl (C=O) groups excluding carboxylic acids is 2. The molecular weight excluding hydrogens is 328 g/mol. The maximum atomic E-state index is 12.6. The van der Waals surface area contributed by atoms with Crippen LogP contribution in [0.25, 0.3) is 0 Å². The van der Waals surface area contributed by atoms with Crippen molar-refractivity contribution in [2.75, 3.05) is 30.5 Å². The van der Waals surface area contributed by atoms with Gasteiger partial charge in [0.1, 0.15) is 6.61 Å². The van der Waals surface area contributed by atoms with Crippen molar-refractivity contribution in [1.82, 2.24) is 0 Å². The Hall–Kier alpha value is -2.66. The summed E-state index contributed by atoms with van der Waals surface area (Å²) in [6.45, 7) is 4.66. The molecule has 0 unspecified atom stereocenters.